The molecular formula is C16H16N2O3. The van der Waals surface area contributed by atoms with Crippen molar-refractivity contribution < 1.29 is 15.0 Å². The van der Waals surface area contributed by atoms with Gasteiger partial charge in [-0.3, -0.25) is 4.79 Å². The average molecular weight is 284 g/mol. The fourth-order valence-corrected chi connectivity index (χ4v) is 1.91. The van der Waals surface area contributed by atoms with Gasteiger partial charge < -0.3 is 10.2 Å². The van der Waals surface area contributed by atoms with Gasteiger partial charge in [-0.15, -0.1) is 0 Å². The highest BCUT2D eigenvalue weighted by Gasteiger charge is 2.04. The van der Waals surface area contributed by atoms with Crippen LogP contribution < -0.4 is 5.43 Å². The molecule has 0 heterocycles. The van der Waals surface area contributed by atoms with E-state index in [0.29, 0.717) is 5.56 Å². The first-order valence-corrected chi connectivity index (χ1v) is 6.40. The van der Waals surface area contributed by atoms with Crippen LogP contribution in [-0.4, -0.2) is 22.3 Å². The standard InChI is InChI=1S/C16H16N2O3/c1-10-7-12(8-11(2)15(10)20)9-17-18-16(21)13-3-5-14(19)6-4-13/h3-9,19-20H,1-2H3,(H,18,21). The van der Waals surface area contributed by atoms with Gasteiger partial charge in [0, 0.05) is 5.56 Å². The molecule has 0 saturated heterocycles. The third kappa shape index (κ3) is 3.60. The van der Waals surface area contributed by atoms with E-state index in [4.69, 9.17) is 5.11 Å². The lowest BCUT2D eigenvalue weighted by atomic mass is 10.1. The van der Waals surface area contributed by atoms with Gasteiger partial charge in [0.15, 0.2) is 0 Å². The van der Waals surface area contributed by atoms with E-state index in [2.05, 4.69) is 10.5 Å². The maximum absolute atomic E-state index is 11.8. The summed E-state index contributed by atoms with van der Waals surface area (Å²) >= 11 is 0. The Bertz CT molecular complexity index is 668. The molecule has 0 spiro atoms. The molecule has 3 N–H and O–H groups in total. The van der Waals surface area contributed by atoms with Crippen LogP contribution in [0.4, 0.5) is 0 Å². The van der Waals surface area contributed by atoms with Gasteiger partial charge in [0.05, 0.1) is 6.21 Å². The van der Waals surface area contributed by atoms with E-state index < -0.39 is 0 Å². The molecule has 2 rings (SSSR count). The molecule has 2 aromatic carbocycles. The summed E-state index contributed by atoms with van der Waals surface area (Å²) in [5.74, 6) is 0.00356. The molecule has 108 valence electrons. The molecule has 0 fully saturated rings. The molecule has 5 nitrogen and oxygen atoms in total. The first-order chi connectivity index (χ1) is 9.97. The Kier molecular flexibility index (Phi) is 4.23. The summed E-state index contributed by atoms with van der Waals surface area (Å²) in [6.07, 6.45) is 1.51. The van der Waals surface area contributed by atoms with Crippen LogP contribution in [0.1, 0.15) is 27.0 Å². The normalized spacial score (nSPS) is 10.8. The zero-order chi connectivity index (χ0) is 15.4. The zero-order valence-corrected chi connectivity index (χ0v) is 11.8. The summed E-state index contributed by atoms with van der Waals surface area (Å²) in [5, 5.41) is 22.7. The average Bonchev–Trinajstić information content (AvgIpc) is 2.45. The van der Waals surface area contributed by atoms with E-state index in [1.54, 1.807) is 26.0 Å². The summed E-state index contributed by atoms with van der Waals surface area (Å²) in [6.45, 7) is 3.60. The Morgan fingerprint density at radius 2 is 1.67 bits per heavy atom. The Morgan fingerprint density at radius 3 is 2.24 bits per heavy atom. The number of amides is 1. The van der Waals surface area contributed by atoms with Gasteiger partial charge >= 0.3 is 0 Å². The van der Waals surface area contributed by atoms with Crippen LogP contribution >= 0.6 is 0 Å². The molecule has 0 saturated carbocycles. The third-order valence-electron chi connectivity index (χ3n) is 3.02. The molecule has 0 unspecified atom stereocenters. The van der Waals surface area contributed by atoms with Crippen LogP contribution in [0, 0.1) is 13.8 Å². The van der Waals surface area contributed by atoms with Gasteiger partial charge in [0.1, 0.15) is 11.5 Å². The summed E-state index contributed by atoms with van der Waals surface area (Å²) < 4.78 is 0. The van der Waals surface area contributed by atoms with Crippen molar-refractivity contribution in [2.24, 2.45) is 5.10 Å². The van der Waals surface area contributed by atoms with Crippen LogP contribution in [-0.2, 0) is 0 Å². The van der Waals surface area contributed by atoms with E-state index >= 15 is 0 Å². The Hall–Kier alpha value is -2.82. The lowest BCUT2D eigenvalue weighted by Crippen LogP contribution is -2.17. The first-order valence-electron chi connectivity index (χ1n) is 6.40. The van der Waals surface area contributed by atoms with E-state index in [1.165, 1.54) is 30.5 Å². The van der Waals surface area contributed by atoms with E-state index in [9.17, 15) is 9.90 Å². The molecule has 1 amide bonds. The number of aromatic hydroxyl groups is 2. The summed E-state index contributed by atoms with van der Waals surface area (Å²) in [6, 6.07) is 9.44. The van der Waals surface area contributed by atoms with Crippen LogP contribution in [0.15, 0.2) is 41.5 Å². The van der Waals surface area contributed by atoms with E-state index in [0.717, 1.165) is 16.7 Å². The Labute approximate surface area is 122 Å². The van der Waals surface area contributed by atoms with Crippen molar-refractivity contribution in [3.05, 3.63) is 58.7 Å². The summed E-state index contributed by atoms with van der Waals surface area (Å²) in [5.41, 5.74) is 5.10. The maximum atomic E-state index is 11.8. The molecule has 0 aliphatic carbocycles. The fourth-order valence-electron chi connectivity index (χ4n) is 1.91. The van der Waals surface area contributed by atoms with Crippen molar-refractivity contribution in [3.63, 3.8) is 0 Å². The number of carbonyl (C=O) groups excluding carboxylic acids is 1. The van der Waals surface area contributed by atoms with Crippen molar-refractivity contribution in [3.8, 4) is 11.5 Å². The summed E-state index contributed by atoms with van der Waals surface area (Å²) in [4.78, 5) is 11.8. The van der Waals surface area contributed by atoms with Crippen LogP contribution in [0.25, 0.3) is 0 Å². The quantitative estimate of drug-likeness (QED) is 0.598. The maximum Gasteiger partial charge on any atom is 0.271 e. The molecule has 0 bridgehead atoms. The molecular weight excluding hydrogens is 268 g/mol. The number of benzene rings is 2. The molecule has 0 atom stereocenters. The number of nitrogens with one attached hydrogen (secondary N) is 1. The van der Waals surface area contributed by atoms with Gasteiger partial charge in [0.2, 0.25) is 0 Å². The second-order valence-electron chi connectivity index (χ2n) is 4.75. The molecule has 0 radical (unpaired) electrons. The first kappa shape index (κ1) is 14.6. The van der Waals surface area contributed by atoms with Crippen molar-refractivity contribution in [2.75, 3.05) is 0 Å². The number of hydrogen-bond acceptors (Lipinski definition) is 4. The minimum absolute atomic E-state index is 0.102. The van der Waals surface area contributed by atoms with Crippen molar-refractivity contribution in [1.29, 1.82) is 0 Å². The minimum atomic E-state index is -0.363. The van der Waals surface area contributed by atoms with Crippen LogP contribution in [0.5, 0.6) is 11.5 Å². The number of phenols is 2. The van der Waals surface area contributed by atoms with Crippen molar-refractivity contribution >= 4 is 12.1 Å². The topological polar surface area (TPSA) is 81.9 Å². The minimum Gasteiger partial charge on any atom is -0.508 e. The van der Waals surface area contributed by atoms with Gasteiger partial charge in [-0.25, -0.2) is 5.43 Å². The van der Waals surface area contributed by atoms with Gasteiger partial charge in [-0.2, -0.15) is 5.10 Å². The largest absolute Gasteiger partial charge is 0.508 e. The van der Waals surface area contributed by atoms with E-state index in [-0.39, 0.29) is 17.4 Å². The molecule has 21 heavy (non-hydrogen) atoms. The number of rotatable bonds is 3. The fraction of sp³-hybridized carbons (Fsp3) is 0.125. The van der Waals surface area contributed by atoms with Crippen LogP contribution in [0.3, 0.4) is 0 Å². The SMILES string of the molecule is Cc1cc(C=NNC(=O)c2ccc(O)cc2)cc(C)c1O. The zero-order valence-electron chi connectivity index (χ0n) is 11.8. The van der Waals surface area contributed by atoms with Gasteiger partial charge in [0.25, 0.3) is 5.91 Å². The number of carbonyl (C=O) groups is 1. The second kappa shape index (κ2) is 6.09. The second-order valence-corrected chi connectivity index (χ2v) is 4.75. The van der Waals surface area contributed by atoms with E-state index in [1.807, 2.05) is 0 Å². The van der Waals surface area contributed by atoms with Crippen LogP contribution in [0.2, 0.25) is 0 Å². The monoisotopic (exact) mass is 284 g/mol. The molecule has 0 aliphatic rings. The number of phenolic OH excluding ortho intramolecular Hbond substituents is 2. The predicted molar refractivity (Wildman–Crippen MR) is 80.7 cm³/mol. The number of aryl methyl sites for hydroxylation is 2. The molecule has 5 heteroatoms. The number of hydrazone groups is 1. The smallest absolute Gasteiger partial charge is 0.271 e. The summed E-state index contributed by atoms with van der Waals surface area (Å²) in [7, 11) is 0. The predicted octanol–water partition coefficient (Wildman–Crippen LogP) is 2.48. The lowest BCUT2D eigenvalue weighted by Gasteiger charge is -2.04. The molecule has 0 aromatic heterocycles. The third-order valence-corrected chi connectivity index (χ3v) is 3.02. The Morgan fingerprint density at radius 1 is 1.10 bits per heavy atom. The highest BCUT2D eigenvalue weighted by Crippen LogP contribution is 2.21. The van der Waals surface area contributed by atoms with Gasteiger partial charge in [-0.05, 0) is 66.9 Å². The van der Waals surface area contributed by atoms with Crippen molar-refractivity contribution in [1.82, 2.24) is 5.43 Å². The highest BCUT2D eigenvalue weighted by atomic mass is 16.3. The number of nitrogens with zero attached hydrogens (tertiary/aromatic N) is 1. The highest BCUT2D eigenvalue weighted by molar-refractivity contribution is 5.95. The molecule has 0 aliphatic heterocycles. The van der Waals surface area contributed by atoms with Crippen molar-refractivity contribution in [2.45, 2.75) is 13.8 Å². The molecule has 2 aromatic rings. The Balaban J connectivity index is 2.05. The lowest BCUT2D eigenvalue weighted by molar-refractivity contribution is 0.0955. The number of hydrogen-bond donors (Lipinski definition) is 3. The van der Waals surface area contributed by atoms with Gasteiger partial charge in [-0.1, -0.05) is 0 Å².